The maximum Gasteiger partial charge on any atom is 0.272 e. The van der Waals surface area contributed by atoms with Gasteiger partial charge in [0, 0.05) is 12.5 Å². The number of hydrogen-bond donors (Lipinski definition) is 0. The summed E-state index contributed by atoms with van der Waals surface area (Å²) < 4.78 is 31.0. The van der Waals surface area contributed by atoms with Crippen molar-refractivity contribution in [2.45, 2.75) is 19.1 Å². The van der Waals surface area contributed by atoms with Gasteiger partial charge in [0.2, 0.25) is 0 Å². The van der Waals surface area contributed by atoms with Crippen LogP contribution < -0.4 is 0 Å². The fourth-order valence-corrected chi connectivity index (χ4v) is 1.45. The summed E-state index contributed by atoms with van der Waals surface area (Å²) in [5, 5.41) is 3.59. The average Bonchev–Trinajstić information content (AvgIpc) is 2.52. The fourth-order valence-electron chi connectivity index (χ4n) is 0.830. The van der Waals surface area contributed by atoms with Crippen molar-refractivity contribution in [1.29, 1.82) is 0 Å². The maximum absolute atomic E-state index is 11.0. The quantitative estimate of drug-likeness (QED) is 0.677. The number of nitrogens with zero attached hydrogens (tertiary/aromatic N) is 1. The van der Waals surface area contributed by atoms with E-state index in [2.05, 4.69) is 9.34 Å². The van der Waals surface area contributed by atoms with Crippen LogP contribution in [0, 0.1) is 0 Å². The zero-order valence-electron chi connectivity index (χ0n) is 7.48. The Kier molecular flexibility index (Phi) is 3.05. The highest BCUT2D eigenvalue weighted by atomic mass is 32.2. The fraction of sp³-hybridized carbons (Fsp3) is 0.571. The van der Waals surface area contributed by atoms with E-state index in [0.29, 0.717) is 17.9 Å². The Balaban J connectivity index is 2.75. The first-order valence-electron chi connectivity index (χ1n) is 3.80. The Morgan fingerprint density at radius 3 is 2.77 bits per heavy atom. The molecule has 74 valence electrons. The lowest BCUT2D eigenvalue weighted by Gasteiger charge is -1.95. The molecule has 6 heteroatoms. The van der Waals surface area contributed by atoms with Crippen molar-refractivity contribution in [1.82, 2.24) is 5.16 Å². The van der Waals surface area contributed by atoms with Gasteiger partial charge in [-0.1, -0.05) is 12.1 Å². The molecule has 1 aromatic heterocycles. The summed E-state index contributed by atoms with van der Waals surface area (Å²) in [6.07, 6.45) is 0.694. The highest BCUT2D eigenvalue weighted by molar-refractivity contribution is 7.85. The molecule has 0 aliphatic heterocycles. The van der Waals surface area contributed by atoms with Crippen LogP contribution in [0.1, 0.15) is 18.4 Å². The van der Waals surface area contributed by atoms with Gasteiger partial charge in [0.15, 0.2) is 0 Å². The van der Waals surface area contributed by atoms with Gasteiger partial charge < -0.3 is 4.52 Å². The lowest BCUT2D eigenvalue weighted by Crippen LogP contribution is -2.05. The molecule has 13 heavy (non-hydrogen) atoms. The van der Waals surface area contributed by atoms with Crippen LogP contribution in [0.15, 0.2) is 10.6 Å². The maximum atomic E-state index is 11.0. The predicted molar refractivity (Wildman–Crippen MR) is 45.5 cm³/mol. The number of hydrogen-bond acceptors (Lipinski definition) is 5. The molecule has 0 aliphatic carbocycles. The summed E-state index contributed by atoms with van der Waals surface area (Å²) in [6.45, 7) is 1.90. The Morgan fingerprint density at radius 2 is 2.31 bits per heavy atom. The lowest BCUT2D eigenvalue weighted by atomic mass is 10.3. The molecule has 0 N–H and O–H groups in total. The first kappa shape index (κ1) is 10.2. The standard InChI is InChI=1S/C7H11NO4S/c1-3-7-4-6(8-12-7)5-13(9,10)11-2/h4H,3,5H2,1-2H3. The number of rotatable bonds is 4. The molecule has 0 fully saturated rings. The van der Waals surface area contributed by atoms with Crippen LogP contribution >= 0.6 is 0 Å². The van der Waals surface area contributed by atoms with Crippen LogP contribution in [0.2, 0.25) is 0 Å². The van der Waals surface area contributed by atoms with Gasteiger partial charge in [-0.15, -0.1) is 0 Å². The number of aromatic nitrogens is 1. The summed E-state index contributed by atoms with van der Waals surface area (Å²) in [5.41, 5.74) is 0.374. The van der Waals surface area contributed by atoms with E-state index < -0.39 is 10.1 Å². The lowest BCUT2D eigenvalue weighted by molar-refractivity contribution is 0.376. The second-order valence-corrected chi connectivity index (χ2v) is 4.24. The molecule has 1 aromatic rings. The SMILES string of the molecule is CCc1cc(CS(=O)(=O)OC)no1. The van der Waals surface area contributed by atoms with Crippen LogP contribution in [-0.4, -0.2) is 20.7 Å². The van der Waals surface area contributed by atoms with E-state index >= 15 is 0 Å². The molecule has 1 rings (SSSR count). The molecule has 0 aromatic carbocycles. The van der Waals surface area contributed by atoms with Crippen molar-refractivity contribution in [3.8, 4) is 0 Å². The third-order valence-electron chi connectivity index (χ3n) is 1.53. The second kappa shape index (κ2) is 3.89. The summed E-state index contributed by atoms with van der Waals surface area (Å²) in [7, 11) is -2.37. The smallest absolute Gasteiger partial charge is 0.272 e. The summed E-state index contributed by atoms with van der Waals surface area (Å²) >= 11 is 0. The van der Waals surface area contributed by atoms with Crippen molar-refractivity contribution in [3.63, 3.8) is 0 Å². The third-order valence-corrected chi connectivity index (χ3v) is 2.69. The average molecular weight is 205 g/mol. The molecule has 0 bridgehead atoms. The van der Waals surface area contributed by atoms with E-state index in [1.807, 2.05) is 6.92 Å². The monoisotopic (exact) mass is 205 g/mol. The van der Waals surface area contributed by atoms with Crippen LogP contribution in [0.4, 0.5) is 0 Å². The van der Waals surface area contributed by atoms with Gasteiger partial charge in [0.05, 0.1) is 7.11 Å². The number of aryl methyl sites for hydroxylation is 1. The van der Waals surface area contributed by atoms with Crippen LogP contribution in [0.3, 0.4) is 0 Å². The molecule has 0 spiro atoms. The Hall–Kier alpha value is -0.880. The van der Waals surface area contributed by atoms with Crippen LogP contribution in [0.25, 0.3) is 0 Å². The largest absolute Gasteiger partial charge is 0.361 e. The molecule has 0 saturated heterocycles. The van der Waals surface area contributed by atoms with E-state index in [-0.39, 0.29) is 5.75 Å². The van der Waals surface area contributed by atoms with Gasteiger partial charge in [-0.25, -0.2) is 0 Å². The minimum atomic E-state index is -3.49. The molecular formula is C7H11NO4S. The van der Waals surface area contributed by atoms with Crippen molar-refractivity contribution < 1.29 is 17.1 Å². The molecule has 0 unspecified atom stereocenters. The van der Waals surface area contributed by atoms with E-state index in [0.717, 1.165) is 7.11 Å². The summed E-state index contributed by atoms with van der Waals surface area (Å²) in [4.78, 5) is 0. The Labute approximate surface area is 76.8 Å². The zero-order chi connectivity index (χ0) is 9.90. The summed E-state index contributed by atoms with van der Waals surface area (Å²) in [5.74, 6) is 0.425. The topological polar surface area (TPSA) is 69.4 Å². The van der Waals surface area contributed by atoms with Gasteiger partial charge in [-0.3, -0.25) is 4.18 Å². The van der Waals surface area contributed by atoms with Gasteiger partial charge in [0.25, 0.3) is 10.1 Å². The highest BCUT2D eigenvalue weighted by Gasteiger charge is 2.13. The molecule has 0 saturated carbocycles. The molecular weight excluding hydrogens is 194 g/mol. The van der Waals surface area contributed by atoms with Gasteiger partial charge in [0.1, 0.15) is 17.2 Å². The van der Waals surface area contributed by atoms with Crippen molar-refractivity contribution in [2.75, 3.05) is 7.11 Å². The van der Waals surface area contributed by atoms with Crippen molar-refractivity contribution >= 4 is 10.1 Å². The van der Waals surface area contributed by atoms with Crippen LogP contribution in [-0.2, 0) is 26.5 Å². The van der Waals surface area contributed by atoms with E-state index in [1.165, 1.54) is 0 Å². The molecule has 0 amide bonds. The van der Waals surface area contributed by atoms with Crippen molar-refractivity contribution in [2.24, 2.45) is 0 Å². The minimum Gasteiger partial charge on any atom is -0.361 e. The minimum absolute atomic E-state index is 0.243. The molecule has 0 atom stereocenters. The summed E-state index contributed by atoms with van der Waals surface area (Å²) in [6, 6.07) is 1.61. The van der Waals surface area contributed by atoms with E-state index in [1.54, 1.807) is 6.07 Å². The third kappa shape index (κ3) is 2.82. The van der Waals surface area contributed by atoms with Crippen LogP contribution in [0.5, 0.6) is 0 Å². The zero-order valence-corrected chi connectivity index (χ0v) is 8.30. The van der Waals surface area contributed by atoms with Gasteiger partial charge in [-0.05, 0) is 0 Å². The first-order valence-corrected chi connectivity index (χ1v) is 5.38. The first-order chi connectivity index (χ1) is 6.07. The molecule has 0 radical (unpaired) electrons. The van der Waals surface area contributed by atoms with Crippen molar-refractivity contribution in [3.05, 3.63) is 17.5 Å². The molecule has 5 nitrogen and oxygen atoms in total. The predicted octanol–water partition coefficient (Wildman–Crippen LogP) is 0.713. The highest BCUT2D eigenvalue weighted by Crippen LogP contribution is 2.08. The van der Waals surface area contributed by atoms with Gasteiger partial charge in [-0.2, -0.15) is 8.42 Å². The Morgan fingerprint density at radius 1 is 1.62 bits per heavy atom. The van der Waals surface area contributed by atoms with Gasteiger partial charge >= 0.3 is 0 Å². The molecule has 0 aliphatic rings. The van der Waals surface area contributed by atoms with E-state index in [4.69, 9.17) is 4.52 Å². The Bertz CT molecular complexity index is 368. The van der Waals surface area contributed by atoms with E-state index in [9.17, 15) is 8.42 Å². The molecule has 1 heterocycles. The second-order valence-electron chi connectivity index (χ2n) is 2.51. The normalized spacial score (nSPS) is 11.8.